The van der Waals surface area contributed by atoms with Crippen molar-refractivity contribution in [3.05, 3.63) is 0 Å². The Kier molecular flexibility index (Phi) is 9.47. The lowest BCUT2D eigenvalue weighted by molar-refractivity contribution is 0.195. The molecule has 0 amide bonds. The predicted octanol–water partition coefficient (Wildman–Crippen LogP) is 1.29. The van der Waals surface area contributed by atoms with Gasteiger partial charge in [0.25, 0.3) is 0 Å². The second-order valence-electron chi connectivity index (χ2n) is 2.88. The summed E-state index contributed by atoms with van der Waals surface area (Å²) in [6.07, 6.45) is 3.35. The molecule has 0 radical (unpaired) electrons. The molecule has 0 spiro atoms. The van der Waals surface area contributed by atoms with Crippen molar-refractivity contribution in [2.45, 2.75) is 26.2 Å². The number of hydrogen-bond donors (Lipinski definition) is 2. The lowest BCUT2D eigenvalue weighted by Gasteiger charge is -2.09. The minimum Gasteiger partial charge on any atom is -0.385 e. The van der Waals surface area contributed by atoms with E-state index in [1.807, 2.05) is 0 Å². The minimum absolute atomic E-state index is 0.754. The number of nitrogens with one attached hydrogen (secondary N) is 2. The molecule has 2 N–H and O–H groups in total. The van der Waals surface area contributed by atoms with E-state index in [0.29, 0.717) is 0 Å². The van der Waals surface area contributed by atoms with Crippen LogP contribution in [0.5, 0.6) is 0 Å². The molecule has 78 valence electrons. The van der Waals surface area contributed by atoms with E-state index in [1.165, 1.54) is 12.8 Å². The molecule has 0 aromatic rings. The molecule has 0 aromatic carbocycles. The van der Waals surface area contributed by atoms with Gasteiger partial charge in [-0.15, -0.1) is 0 Å². The molecule has 0 aliphatic heterocycles. The third-order valence-electron chi connectivity index (χ3n) is 1.63. The Morgan fingerprint density at radius 1 is 1.23 bits per heavy atom. The first kappa shape index (κ1) is 12.7. The van der Waals surface area contributed by atoms with Crippen LogP contribution in [0.4, 0.5) is 0 Å². The van der Waals surface area contributed by atoms with Crippen LogP contribution < -0.4 is 10.6 Å². The molecule has 0 aromatic heterocycles. The zero-order valence-electron chi connectivity index (χ0n) is 8.56. The Morgan fingerprint density at radius 3 is 2.38 bits per heavy atom. The highest BCUT2D eigenvalue weighted by molar-refractivity contribution is 7.80. The summed E-state index contributed by atoms with van der Waals surface area (Å²) in [6.45, 7) is 4.79. The van der Waals surface area contributed by atoms with Gasteiger partial charge in [0.05, 0.1) is 0 Å². The van der Waals surface area contributed by atoms with E-state index in [0.717, 1.165) is 31.2 Å². The van der Waals surface area contributed by atoms with Gasteiger partial charge in [-0.1, -0.05) is 13.3 Å². The maximum absolute atomic E-state index is 5.05. The van der Waals surface area contributed by atoms with Crippen molar-refractivity contribution < 1.29 is 4.74 Å². The third-order valence-corrected chi connectivity index (χ3v) is 1.92. The quantitative estimate of drug-likeness (QED) is 0.483. The maximum Gasteiger partial charge on any atom is 0.166 e. The summed E-state index contributed by atoms with van der Waals surface area (Å²) in [5, 5.41) is 7.01. The van der Waals surface area contributed by atoms with Gasteiger partial charge in [0.15, 0.2) is 5.11 Å². The Labute approximate surface area is 86.2 Å². The van der Waals surface area contributed by atoms with Gasteiger partial charge in [0, 0.05) is 26.8 Å². The van der Waals surface area contributed by atoms with Gasteiger partial charge in [-0.2, -0.15) is 0 Å². The number of ether oxygens (including phenoxy) is 1. The van der Waals surface area contributed by atoms with Crippen molar-refractivity contribution in [3.8, 4) is 0 Å². The second kappa shape index (κ2) is 9.74. The fraction of sp³-hybridized carbons (Fsp3) is 0.889. The lowest BCUT2D eigenvalue weighted by atomic mass is 10.3. The van der Waals surface area contributed by atoms with E-state index < -0.39 is 0 Å². The van der Waals surface area contributed by atoms with Crippen LogP contribution in [-0.2, 0) is 4.74 Å². The second-order valence-corrected chi connectivity index (χ2v) is 3.29. The normalized spacial score (nSPS) is 9.69. The van der Waals surface area contributed by atoms with Crippen LogP contribution in [0, 0.1) is 0 Å². The Balaban J connectivity index is 3.11. The molecule has 0 bridgehead atoms. The number of hydrogen-bond acceptors (Lipinski definition) is 2. The first-order chi connectivity index (χ1) is 6.31. The van der Waals surface area contributed by atoms with E-state index in [4.69, 9.17) is 17.0 Å². The minimum atomic E-state index is 0.754. The molecular weight excluding hydrogens is 184 g/mol. The number of unbranched alkanes of at least 4 members (excludes halogenated alkanes) is 1. The Bertz CT molecular complexity index is 131. The number of thiocarbonyl (C=S) groups is 1. The molecule has 0 atom stereocenters. The molecule has 0 aliphatic carbocycles. The molecule has 0 aliphatic rings. The molecule has 0 rings (SSSR count). The average molecular weight is 204 g/mol. The van der Waals surface area contributed by atoms with Gasteiger partial charge < -0.3 is 15.4 Å². The van der Waals surface area contributed by atoms with Crippen LogP contribution in [0.15, 0.2) is 0 Å². The van der Waals surface area contributed by atoms with E-state index in [9.17, 15) is 0 Å². The highest BCUT2D eigenvalue weighted by Gasteiger charge is 1.92. The van der Waals surface area contributed by atoms with E-state index in [-0.39, 0.29) is 0 Å². The van der Waals surface area contributed by atoms with Crippen LogP contribution >= 0.6 is 12.2 Å². The molecule has 0 saturated carbocycles. The van der Waals surface area contributed by atoms with Crippen LogP contribution in [-0.4, -0.2) is 31.9 Å². The topological polar surface area (TPSA) is 33.3 Å². The van der Waals surface area contributed by atoms with Gasteiger partial charge in [-0.25, -0.2) is 0 Å². The first-order valence-corrected chi connectivity index (χ1v) is 5.22. The third kappa shape index (κ3) is 9.56. The predicted molar refractivity (Wildman–Crippen MR) is 60.0 cm³/mol. The summed E-state index contributed by atoms with van der Waals surface area (Å²) in [7, 11) is 1.71. The van der Waals surface area contributed by atoms with E-state index in [2.05, 4.69) is 17.6 Å². The largest absolute Gasteiger partial charge is 0.385 e. The molecule has 4 heteroatoms. The molecule has 0 heterocycles. The Hall–Kier alpha value is -0.350. The number of methoxy groups -OCH3 is 1. The summed E-state index contributed by atoms with van der Waals surface area (Å²) >= 11 is 5.05. The zero-order valence-corrected chi connectivity index (χ0v) is 9.38. The van der Waals surface area contributed by atoms with Gasteiger partial charge >= 0.3 is 0 Å². The molecule has 0 saturated heterocycles. The van der Waals surface area contributed by atoms with Crippen LogP contribution in [0.2, 0.25) is 0 Å². The summed E-state index contributed by atoms with van der Waals surface area (Å²) < 4.78 is 4.92. The fourth-order valence-electron chi connectivity index (χ4n) is 0.860. The summed E-state index contributed by atoms with van der Waals surface area (Å²) in [5.41, 5.74) is 0. The maximum atomic E-state index is 5.05. The van der Waals surface area contributed by atoms with Gasteiger partial charge in [0.2, 0.25) is 0 Å². The molecule has 0 fully saturated rings. The highest BCUT2D eigenvalue weighted by atomic mass is 32.1. The van der Waals surface area contributed by atoms with E-state index >= 15 is 0 Å². The van der Waals surface area contributed by atoms with Crippen molar-refractivity contribution in [2.75, 3.05) is 26.8 Å². The average Bonchev–Trinajstić information content (AvgIpc) is 2.13. The van der Waals surface area contributed by atoms with Gasteiger partial charge in [-0.05, 0) is 25.1 Å². The summed E-state index contributed by atoms with van der Waals surface area (Å²) in [6, 6.07) is 0. The molecule has 13 heavy (non-hydrogen) atoms. The number of rotatable bonds is 7. The SMILES string of the molecule is CCCCNC(=S)NCCCOC. The fourth-order valence-corrected chi connectivity index (χ4v) is 1.06. The highest BCUT2D eigenvalue weighted by Crippen LogP contribution is 1.82. The summed E-state index contributed by atoms with van der Waals surface area (Å²) in [5.74, 6) is 0. The van der Waals surface area contributed by atoms with Gasteiger partial charge in [-0.3, -0.25) is 0 Å². The van der Waals surface area contributed by atoms with Crippen molar-refractivity contribution in [1.29, 1.82) is 0 Å². The standard InChI is InChI=1S/C9H20N2OS/c1-3-4-6-10-9(13)11-7-5-8-12-2/h3-8H2,1-2H3,(H2,10,11,13). The first-order valence-electron chi connectivity index (χ1n) is 4.82. The van der Waals surface area contributed by atoms with Crippen molar-refractivity contribution in [1.82, 2.24) is 10.6 Å². The van der Waals surface area contributed by atoms with Crippen molar-refractivity contribution in [3.63, 3.8) is 0 Å². The Morgan fingerprint density at radius 2 is 1.85 bits per heavy atom. The monoisotopic (exact) mass is 204 g/mol. The molecule has 3 nitrogen and oxygen atoms in total. The van der Waals surface area contributed by atoms with Crippen LogP contribution in [0.25, 0.3) is 0 Å². The van der Waals surface area contributed by atoms with Crippen LogP contribution in [0.3, 0.4) is 0 Å². The van der Waals surface area contributed by atoms with Crippen molar-refractivity contribution >= 4 is 17.3 Å². The summed E-state index contributed by atoms with van der Waals surface area (Å²) in [4.78, 5) is 0. The van der Waals surface area contributed by atoms with Gasteiger partial charge in [0.1, 0.15) is 0 Å². The van der Waals surface area contributed by atoms with Crippen LogP contribution in [0.1, 0.15) is 26.2 Å². The van der Waals surface area contributed by atoms with Crippen molar-refractivity contribution in [2.24, 2.45) is 0 Å². The zero-order chi connectivity index (χ0) is 9.94. The smallest absolute Gasteiger partial charge is 0.166 e. The molecule has 0 unspecified atom stereocenters. The van der Waals surface area contributed by atoms with E-state index in [1.54, 1.807) is 7.11 Å². The molecular formula is C9H20N2OS. The lowest BCUT2D eigenvalue weighted by Crippen LogP contribution is -2.36.